The van der Waals surface area contributed by atoms with E-state index in [2.05, 4.69) is 22.3 Å². The summed E-state index contributed by atoms with van der Waals surface area (Å²) < 4.78 is 1.81. The predicted molar refractivity (Wildman–Crippen MR) is 68.1 cm³/mol. The molecule has 0 aliphatic heterocycles. The summed E-state index contributed by atoms with van der Waals surface area (Å²) in [5.41, 5.74) is 3.14. The molecule has 0 saturated carbocycles. The molecule has 0 aliphatic rings. The predicted octanol–water partition coefficient (Wildman–Crippen LogP) is 1.33. The number of rotatable bonds is 4. The number of nitrogens with one attached hydrogen (secondary N) is 2. The minimum absolute atomic E-state index is 0.00740. The van der Waals surface area contributed by atoms with Gasteiger partial charge in [-0.1, -0.05) is 11.3 Å². The van der Waals surface area contributed by atoms with E-state index in [-0.39, 0.29) is 10.9 Å². The van der Waals surface area contributed by atoms with Crippen LogP contribution in [0.5, 0.6) is 0 Å². The van der Waals surface area contributed by atoms with Crippen LogP contribution in [0.4, 0.5) is 0 Å². The van der Waals surface area contributed by atoms with Crippen LogP contribution < -0.4 is 10.2 Å². The second kappa shape index (κ2) is 4.85. The van der Waals surface area contributed by atoms with Gasteiger partial charge in [0.2, 0.25) is 0 Å². The smallest absolute Gasteiger partial charge is 0.304 e. The zero-order valence-corrected chi connectivity index (χ0v) is 11.0. The van der Waals surface area contributed by atoms with E-state index in [0.717, 1.165) is 11.4 Å². The van der Waals surface area contributed by atoms with Crippen LogP contribution >= 0.6 is 11.3 Å². The van der Waals surface area contributed by atoms with Gasteiger partial charge >= 0.3 is 4.87 Å². The monoisotopic (exact) mass is 252 g/mol. The molecule has 6 heteroatoms. The van der Waals surface area contributed by atoms with E-state index in [9.17, 15) is 4.79 Å². The number of H-pyrrole nitrogens is 1. The van der Waals surface area contributed by atoms with Gasteiger partial charge in [-0.25, -0.2) is 0 Å². The van der Waals surface area contributed by atoms with E-state index in [1.807, 2.05) is 30.2 Å². The first-order valence-corrected chi connectivity index (χ1v) is 6.34. The summed E-state index contributed by atoms with van der Waals surface area (Å²) in [4.78, 5) is 13.8. The van der Waals surface area contributed by atoms with Gasteiger partial charge in [-0.3, -0.25) is 9.48 Å². The Labute approximate surface area is 103 Å². The molecule has 0 radical (unpaired) electrons. The number of aromatic nitrogens is 3. The third-order valence-electron chi connectivity index (χ3n) is 2.69. The van der Waals surface area contributed by atoms with E-state index in [0.29, 0.717) is 6.54 Å². The first-order chi connectivity index (χ1) is 8.06. The Bertz CT molecular complexity index is 554. The van der Waals surface area contributed by atoms with Gasteiger partial charge in [0.25, 0.3) is 0 Å². The van der Waals surface area contributed by atoms with Crippen molar-refractivity contribution in [3.63, 3.8) is 0 Å². The molecule has 2 aromatic rings. The van der Waals surface area contributed by atoms with Crippen molar-refractivity contribution < 1.29 is 0 Å². The van der Waals surface area contributed by atoms with Crippen molar-refractivity contribution in [3.05, 3.63) is 38.2 Å². The largest absolute Gasteiger partial charge is 0.315 e. The van der Waals surface area contributed by atoms with Crippen LogP contribution in [-0.2, 0) is 13.6 Å². The van der Waals surface area contributed by atoms with Crippen molar-refractivity contribution in [2.24, 2.45) is 7.05 Å². The summed E-state index contributed by atoms with van der Waals surface area (Å²) in [5, 5.41) is 9.52. The van der Waals surface area contributed by atoms with Crippen molar-refractivity contribution in [2.45, 2.75) is 26.4 Å². The van der Waals surface area contributed by atoms with Gasteiger partial charge in [0.15, 0.2) is 0 Å². The summed E-state index contributed by atoms with van der Waals surface area (Å²) in [6.07, 6.45) is 2.02. The van der Waals surface area contributed by atoms with Crippen LogP contribution in [0, 0.1) is 6.92 Å². The zero-order valence-electron chi connectivity index (χ0n) is 10.2. The lowest BCUT2D eigenvalue weighted by molar-refractivity contribution is 0.566. The molecule has 0 saturated heterocycles. The van der Waals surface area contributed by atoms with Crippen LogP contribution in [0.25, 0.3) is 0 Å². The summed E-state index contributed by atoms with van der Waals surface area (Å²) >= 11 is 1.19. The van der Waals surface area contributed by atoms with Crippen molar-refractivity contribution >= 4 is 11.3 Å². The van der Waals surface area contributed by atoms with Gasteiger partial charge in [-0.05, 0) is 13.8 Å². The maximum absolute atomic E-state index is 11.0. The lowest BCUT2D eigenvalue weighted by Gasteiger charge is -2.11. The lowest BCUT2D eigenvalue weighted by atomic mass is 10.1. The molecular weight excluding hydrogens is 236 g/mol. The quantitative estimate of drug-likeness (QED) is 0.863. The van der Waals surface area contributed by atoms with Crippen LogP contribution in [0.3, 0.4) is 0 Å². The first-order valence-electron chi connectivity index (χ1n) is 5.46. The molecule has 2 aromatic heterocycles. The normalized spacial score (nSPS) is 12.9. The van der Waals surface area contributed by atoms with Crippen LogP contribution in [0.15, 0.2) is 16.4 Å². The zero-order chi connectivity index (χ0) is 12.4. The van der Waals surface area contributed by atoms with Gasteiger partial charge in [0.1, 0.15) is 0 Å². The molecule has 0 spiro atoms. The highest BCUT2D eigenvalue weighted by atomic mass is 32.1. The minimum atomic E-state index is -0.00740. The van der Waals surface area contributed by atoms with Gasteiger partial charge in [-0.15, -0.1) is 0 Å². The highest BCUT2D eigenvalue weighted by Gasteiger charge is 2.11. The van der Waals surface area contributed by atoms with E-state index in [1.165, 1.54) is 16.9 Å². The number of hydrogen-bond acceptors (Lipinski definition) is 4. The Morgan fingerprint density at radius 3 is 2.94 bits per heavy atom. The number of aryl methyl sites for hydroxylation is 2. The molecular formula is C11H16N4OS. The van der Waals surface area contributed by atoms with Gasteiger partial charge in [0.05, 0.1) is 5.69 Å². The first kappa shape index (κ1) is 12.1. The number of hydrogen-bond donors (Lipinski definition) is 2. The fraction of sp³-hybridized carbons (Fsp3) is 0.455. The molecule has 2 N–H and O–H groups in total. The van der Waals surface area contributed by atoms with Crippen LogP contribution in [0.2, 0.25) is 0 Å². The van der Waals surface area contributed by atoms with Gasteiger partial charge in [-0.2, -0.15) is 5.10 Å². The van der Waals surface area contributed by atoms with Crippen LogP contribution in [-0.4, -0.2) is 14.8 Å². The molecule has 17 heavy (non-hydrogen) atoms. The number of nitrogens with zero attached hydrogens (tertiary/aromatic N) is 2. The van der Waals surface area contributed by atoms with E-state index >= 15 is 0 Å². The second-order valence-electron chi connectivity index (χ2n) is 4.12. The molecule has 0 aromatic carbocycles. The van der Waals surface area contributed by atoms with E-state index in [4.69, 9.17) is 0 Å². The molecule has 5 nitrogen and oxygen atoms in total. The molecule has 1 unspecified atom stereocenters. The Morgan fingerprint density at radius 2 is 2.41 bits per heavy atom. The van der Waals surface area contributed by atoms with Crippen molar-refractivity contribution in [1.29, 1.82) is 0 Å². The molecule has 2 heterocycles. The maximum Gasteiger partial charge on any atom is 0.304 e. The second-order valence-corrected chi connectivity index (χ2v) is 4.96. The third kappa shape index (κ3) is 2.83. The Balaban J connectivity index is 2.00. The summed E-state index contributed by atoms with van der Waals surface area (Å²) in [5.74, 6) is 0. The lowest BCUT2D eigenvalue weighted by Crippen LogP contribution is -2.19. The van der Waals surface area contributed by atoms with Crippen molar-refractivity contribution in [2.75, 3.05) is 0 Å². The third-order valence-corrected chi connectivity index (χ3v) is 3.41. The summed E-state index contributed by atoms with van der Waals surface area (Å²) in [6.45, 7) is 4.75. The SMILES string of the molecule is Cc1nn(C)cc1C(C)NCc1csc(=O)[nH]1. The Hall–Kier alpha value is -1.40. The fourth-order valence-corrected chi connectivity index (χ4v) is 2.40. The maximum atomic E-state index is 11.0. The standard InChI is InChI=1S/C11H16N4OS/c1-7(10-5-15(3)14-8(10)2)12-4-9-6-17-11(16)13-9/h5-7,12H,4H2,1-3H3,(H,13,16). The molecule has 0 bridgehead atoms. The topological polar surface area (TPSA) is 62.7 Å². The molecule has 2 rings (SSSR count). The summed E-state index contributed by atoms with van der Waals surface area (Å²) in [6, 6.07) is 0.215. The molecule has 0 aliphatic carbocycles. The van der Waals surface area contributed by atoms with Crippen LogP contribution in [0.1, 0.15) is 29.9 Å². The average Bonchev–Trinajstić information content (AvgIpc) is 2.81. The Kier molecular flexibility index (Phi) is 3.44. The fourth-order valence-electron chi connectivity index (χ4n) is 1.82. The van der Waals surface area contributed by atoms with E-state index in [1.54, 1.807) is 0 Å². The van der Waals surface area contributed by atoms with Gasteiger partial charge in [0, 0.05) is 42.5 Å². The summed E-state index contributed by atoms with van der Waals surface area (Å²) in [7, 11) is 1.92. The van der Waals surface area contributed by atoms with Gasteiger partial charge < -0.3 is 10.3 Å². The highest BCUT2D eigenvalue weighted by molar-refractivity contribution is 7.07. The molecule has 92 valence electrons. The average molecular weight is 252 g/mol. The van der Waals surface area contributed by atoms with E-state index < -0.39 is 0 Å². The number of thiazole rings is 1. The minimum Gasteiger partial charge on any atom is -0.315 e. The number of aromatic amines is 1. The molecule has 0 fully saturated rings. The van der Waals surface area contributed by atoms with Crippen molar-refractivity contribution in [1.82, 2.24) is 20.1 Å². The molecule has 0 amide bonds. The highest BCUT2D eigenvalue weighted by Crippen LogP contribution is 2.15. The van der Waals surface area contributed by atoms with Crippen molar-refractivity contribution in [3.8, 4) is 0 Å². The Morgan fingerprint density at radius 1 is 1.65 bits per heavy atom. The molecule has 1 atom stereocenters.